The largest absolute Gasteiger partial charge is 0.392 e. The molecular weight excluding hydrogens is 176 g/mol. The Bertz CT molecular complexity index is 204. The Morgan fingerprint density at radius 2 is 1.67 bits per heavy atom. The minimum atomic E-state index is -3.04. The SMILES string of the molecule is CCC(CC)C(O)CS(C)(=O)=O. The quantitative estimate of drug-likeness (QED) is 0.705. The summed E-state index contributed by atoms with van der Waals surface area (Å²) >= 11 is 0. The first-order valence-corrected chi connectivity index (χ1v) is 6.32. The molecule has 0 aliphatic carbocycles. The van der Waals surface area contributed by atoms with E-state index in [9.17, 15) is 13.5 Å². The van der Waals surface area contributed by atoms with Gasteiger partial charge in [-0.05, 0) is 5.92 Å². The molecule has 0 radical (unpaired) electrons. The third-order valence-corrected chi connectivity index (χ3v) is 3.01. The highest BCUT2D eigenvalue weighted by molar-refractivity contribution is 7.90. The molecule has 0 saturated carbocycles. The molecule has 0 rings (SSSR count). The highest BCUT2D eigenvalue weighted by Gasteiger charge is 2.19. The number of aliphatic hydroxyl groups excluding tert-OH is 1. The van der Waals surface area contributed by atoms with Gasteiger partial charge in [0.2, 0.25) is 0 Å². The molecule has 1 N–H and O–H groups in total. The molecule has 0 amide bonds. The Kier molecular flexibility index (Phi) is 4.78. The molecule has 0 aromatic rings. The van der Waals surface area contributed by atoms with E-state index in [1.807, 2.05) is 13.8 Å². The Labute approximate surface area is 74.7 Å². The van der Waals surface area contributed by atoms with E-state index in [2.05, 4.69) is 0 Å². The molecule has 1 unspecified atom stereocenters. The predicted octanol–water partition coefficient (Wildman–Crippen LogP) is 0.828. The summed E-state index contributed by atoms with van der Waals surface area (Å²) < 4.78 is 21.6. The van der Waals surface area contributed by atoms with Gasteiger partial charge in [0.15, 0.2) is 0 Å². The second-order valence-electron chi connectivity index (χ2n) is 3.24. The van der Waals surface area contributed by atoms with E-state index in [0.29, 0.717) is 0 Å². The molecule has 0 bridgehead atoms. The standard InChI is InChI=1S/C8H18O3S/c1-4-7(5-2)8(9)6-12(3,10)11/h7-9H,4-6H2,1-3H3. The van der Waals surface area contributed by atoms with E-state index in [4.69, 9.17) is 0 Å². The van der Waals surface area contributed by atoms with Crippen LogP contribution >= 0.6 is 0 Å². The highest BCUT2D eigenvalue weighted by atomic mass is 32.2. The van der Waals surface area contributed by atoms with Crippen molar-refractivity contribution in [1.29, 1.82) is 0 Å². The molecule has 12 heavy (non-hydrogen) atoms. The first-order chi connectivity index (χ1) is 5.40. The number of hydrogen-bond acceptors (Lipinski definition) is 3. The molecule has 0 fully saturated rings. The lowest BCUT2D eigenvalue weighted by Gasteiger charge is -2.18. The van der Waals surface area contributed by atoms with Crippen molar-refractivity contribution in [3.8, 4) is 0 Å². The van der Waals surface area contributed by atoms with Gasteiger partial charge < -0.3 is 5.11 Å². The van der Waals surface area contributed by atoms with Crippen LogP contribution in [0.15, 0.2) is 0 Å². The van der Waals surface area contributed by atoms with E-state index < -0.39 is 15.9 Å². The van der Waals surface area contributed by atoms with Crippen LogP contribution in [0.4, 0.5) is 0 Å². The summed E-state index contributed by atoms with van der Waals surface area (Å²) in [6.45, 7) is 3.92. The second kappa shape index (κ2) is 4.82. The predicted molar refractivity (Wildman–Crippen MR) is 49.8 cm³/mol. The smallest absolute Gasteiger partial charge is 0.150 e. The first-order valence-electron chi connectivity index (χ1n) is 4.26. The summed E-state index contributed by atoms with van der Waals surface area (Å²) in [6.07, 6.45) is 2.11. The van der Waals surface area contributed by atoms with Crippen molar-refractivity contribution in [1.82, 2.24) is 0 Å². The summed E-state index contributed by atoms with van der Waals surface area (Å²) in [6, 6.07) is 0. The fourth-order valence-corrected chi connectivity index (χ4v) is 2.17. The van der Waals surface area contributed by atoms with E-state index in [0.717, 1.165) is 19.1 Å². The molecule has 74 valence electrons. The lowest BCUT2D eigenvalue weighted by Crippen LogP contribution is -2.27. The number of aliphatic hydroxyl groups is 1. The van der Waals surface area contributed by atoms with Crippen molar-refractivity contribution < 1.29 is 13.5 Å². The summed E-state index contributed by atoms with van der Waals surface area (Å²) in [5, 5.41) is 9.47. The van der Waals surface area contributed by atoms with Gasteiger partial charge in [0.25, 0.3) is 0 Å². The van der Waals surface area contributed by atoms with Crippen LogP contribution in [0.3, 0.4) is 0 Å². The minimum absolute atomic E-state index is 0.111. The van der Waals surface area contributed by atoms with Gasteiger partial charge in [-0.15, -0.1) is 0 Å². The van der Waals surface area contributed by atoms with Gasteiger partial charge in [0.1, 0.15) is 9.84 Å². The van der Waals surface area contributed by atoms with Crippen LogP contribution in [0.1, 0.15) is 26.7 Å². The average Bonchev–Trinajstić information content (AvgIpc) is 1.85. The van der Waals surface area contributed by atoms with Crippen LogP contribution in [0.5, 0.6) is 0 Å². The summed E-state index contributed by atoms with van der Waals surface area (Å²) in [5.41, 5.74) is 0. The summed E-state index contributed by atoms with van der Waals surface area (Å²) in [7, 11) is -3.04. The van der Waals surface area contributed by atoms with Gasteiger partial charge in [-0.3, -0.25) is 0 Å². The normalized spacial score (nSPS) is 15.1. The van der Waals surface area contributed by atoms with Gasteiger partial charge in [0.05, 0.1) is 11.9 Å². The highest BCUT2D eigenvalue weighted by Crippen LogP contribution is 2.14. The molecule has 0 aliphatic rings. The third-order valence-electron chi connectivity index (χ3n) is 2.07. The van der Waals surface area contributed by atoms with Crippen LogP contribution in [0.25, 0.3) is 0 Å². The molecule has 0 aliphatic heterocycles. The molecule has 0 aromatic carbocycles. The lowest BCUT2D eigenvalue weighted by molar-refractivity contribution is 0.123. The molecule has 0 saturated heterocycles. The van der Waals surface area contributed by atoms with Crippen molar-refractivity contribution in [3.05, 3.63) is 0 Å². The second-order valence-corrected chi connectivity index (χ2v) is 5.42. The van der Waals surface area contributed by atoms with Gasteiger partial charge in [-0.25, -0.2) is 8.42 Å². The third kappa shape index (κ3) is 4.72. The van der Waals surface area contributed by atoms with Gasteiger partial charge in [0, 0.05) is 6.26 Å². The number of rotatable bonds is 5. The molecule has 0 heterocycles. The van der Waals surface area contributed by atoms with E-state index in [1.165, 1.54) is 0 Å². The molecule has 0 aromatic heterocycles. The maximum Gasteiger partial charge on any atom is 0.150 e. The van der Waals surface area contributed by atoms with E-state index >= 15 is 0 Å². The Morgan fingerprint density at radius 1 is 1.25 bits per heavy atom. The van der Waals surface area contributed by atoms with Crippen molar-refractivity contribution in [2.75, 3.05) is 12.0 Å². The van der Waals surface area contributed by atoms with Crippen LogP contribution in [-0.2, 0) is 9.84 Å². The number of hydrogen-bond donors (Lipinski definition) is 1. The van der Waals surface area contributed by atoms with Crippen molar-refractivity contribution in [2.24, 2.45) is 5.92 Å². The fraction of sp³-hybridized carbons (Fsp3) is 1.00. The lowest BCUT2D eigenvalue weighted by atomic mass is 9.98. The first kappa shape index (κ1) is 11.9. The Morgan fingerprint density at radius 3 is 1.92 bits per heavy atom. The van der Waals surface area contributed by atoms with Crippen molar-refractivity contribution >= 4 is 9.84 Å². The summed E-state index contributed by atoms with van der Waals surface area (Å²) in [4.78, 5) is 0. The van der Waals surface area contributed by atoms with Gasteiger partial charge >= 0.3 is 0 Å². The number of sulfone groups is 1. The molecule has 3 nitrogen and oxygen atoms in total. The maximum absolute atomic E-state index is 10.8. The van der Waals surface area contributed by atoms with Crippen LogP contribution in [-0.4, -0.2) is 31.6 Å². The van der Waals surface area contributed by atoms with Crippen molar-refractivity contribution in [2.45, 2.75) is 32.8 Å². The minimum Gasteiger partial charge on any atom is -0.392 e. The van der Waals surface area contributed by atoms with Crippen LogP contribution < -0.4 is 0 Å². The zero-order chi connectivity index (χ0) is 9.78. The molecule has 0 spiro atoms. The average molecular weight is 194 g/mol. The van der Waals surface area contributed by atoms with E-state index in [1.54, 1.807) is 0 Å². The van der Waals surface area contributed by atoms with Crippen LogP contribution in [0.2, 0.25) is 0 Å². The fourth-order valence-electron chi connectivity index (χ4n) is 1.28. The molecule has 4 heteroatoms. The van der Waals surface area contributed by atoms with Gasteiger partial charge in [-0.1, -0.05) is 26.7 Å². The Hall–Kier alpha value is -0.0900. The zero-order valence-corrected chi connectivity index (χ0v) is 8.76. The van der Waals surface area contributed by atoms with E-state index in [-0.39, 0.29) is 11.7 Å². The maximum atomic E-state index is 10.8. The van der Waals surface area contributed by atoms with Gasteiger partial charge in [-0.2, -0.15) is 0 Å². The Balaban J connectivity index is 4.10. The summed E-state index contributed by atoms with van der Waals surface area (Å²) in [5.74, 6) is -0.000903. The monoisotopic (exact) mass is 194 g/mol. The van der Waals surface area contributed by atoms with Crippen molar-refractivity contribution in [3.63, 3.8) is 0 Å². The van der Waals surface area contributed by atoms with Crippen LogP contribution in [0, 0.1) is 5.92 Å². The molecular formula is C8H18O3S. The topological polar surface area (TPSA) is 54.4 Å². The molecule has 1 atom stereocenters. The zero-order valence-electron chi connectivity index (χ0n) is 7.95.